The van der Waals surface area contributed by atoms with Gasteiger partial charge in [-0.15, -0.1) is 0 Å². The van der Waals surface area contributed by atoms with Gasteiger partial charge in [-0.2, -0.15) is 0 Å². The number of nitrogens with one attached hydrogen (secondary N) is 2. The number of amides is 2. The number of allylic oxidation sites excluding steroid dienone is 1. The van der Waals surface area contributed by atoms with Crippen LogP contribution in [0.5, 0.6) is 5.75 Å². The van der Waals surface area contributed by atoms with Crippen LogP contribution in [0.4, 0.5) is 0 Å². The zero-order chi connectivity index (χ0) is 23.3. The number of carbonyl (C=O) groups is 2. The van der Waals surface area contributed by atoms with Gasteiger partial charge in [0.1, 0.15) is 5.75 Å². The summed E-state index contributed by atoms with van der Waals surface area (Å²) >= 11 is 1.69. The van der Waals surface area contributed by atoms with Crippen LogP contribution in [0, 0.1) is 0 Å². The van der Waals surface area contributed by atoms with E-state index in [1.54, 1.807) is 24.4 Å². The van der Waals surface area contributed by atoms with Crippen LogP contribution in [0.25, 0.3) is 4.91 Å². The topological polar surface area (TPSA) is 90.9 Å². The lowest BCUT2D eigenvalue weighted by atomic mass is 10.1. The minimum atomic E-state index is -0.338. The molecule has 0 saturated heterocycles. The third-order valence-electron chi connectivity index (χ3n) is 5.59. The summed E-state index contributed by atoms with van der Waals surface area (Å²) in [7, 11) is 1.66. The van der Waals surface area contributed by atoms with Gasteiger partial charge in [-0.25, -0.2) is 5.48 Å². The Morgan fingerprint density at radius 1 is 1.03 bits per heavy atom. The second-order valence-electron chi connectivity index (χ2n) is 8.03. The average molecular weight is 464 g/mol. The highest BCUT2D eigenvalue weighted by molar-refractivity contribution is 8.09. The van der Waals surface area contributed by atoms with E-state index in [0.29, 0.717) is 12.8 Å². The molecule has 0 saturated carbocycles. The Hall–Kier alpha value is -2.19. The molecular formula is C24H37N3O4S. The maximum absolute atomic E-state index is 12.5. The standard InChI is InChI=1S/C24H37N3O4S/c1-4-5-8-11-21(28)25-24-27(17-10-7-6-9-12-22(29)26-30)18(2)23(32-24)19-13-15-20(31-3)16-14-19/h13-16,24,30H,4-12,17H2,1-3H3,(H,25,28)(H,26,29). The van der Waals surface area contributed by atoms with Crippen molar-refractivity contribution in [3.63, 3.8) is 0 Å². The molecule has 32 heavy (non-hydrogen) atoms. The van der Waals surface area contributed by atoms with Crippen molar-refractivity contribution in [3.05, 3.63) is 35.5 Å². The van der Waals surface area contributed by atoms with E-state index in [4.69, 9.17) is 9.94 Å². The molecule has 1 aliphatic rings. The fraction of sp³-hybridized carbons (Fsp3) is 0.583. The first-order chi connectivity index (χ1) is 15.5. The van der Waals surface area contributed by atoms with Crippen molar-refractivity contribution in [1.29, 1.82) is 0 Å². The van der Waals surface area contributed by atoms with E-state index in [-0.39, 0.29) is 17.3 Å². The summed E-state index contributed by atoms with van der Waals surface area (Å²) in [4.78, 5) is 27.1. The van der Waals surface area contributed by atoms with Gasteiger partial charge in [-0.05, 0) is 43.9 Å². The lowest BCUT2D eigenvalue weighted by molar-refractivity contribution is -0.129. The molecule has 0 aliphatic carbocycles. The molecule has 0 aromatic heterocycles. The number of hydrogen-bond donors (Lipinski definition) is 3. The Labute approximate surface area is 195 Å². The Morgan fingerprint density at radius 3 is 2.34 bits per heavy atom. The SMILES string of the molecule is CCCCCC(=O)NC1SC(c2ccc(OC)cc2)=C(C)N1CCCCCCC(=O)NO. The predicted molar refractivity (Wildman–Crippen MR) is 129 cm³/mol. The number of rotatable bonds is 14. The molecule has 1 unspecified atom stereocenters. The van der Waals surface area contributed by atoms with Gasteiger partial charge in [0.25, 0.3) is 0 Å². The van der Waals surface area contributed by atoms with Gasteiger partial charge in [-0.1, -0.05) is 56.5 Å². The van der Waals surface area contributed by atoms with Crippen LogP contribution in [-0.2, 0) is 9.59 Å². The minimum absolute atomic E-state index is 0.0970. The van der Waals surface area contributed by atoms with Gasteiger partial charge < -0.3 is 15.0 Å². The molecule has 8 heteroatoms. The molecule has 7 nitrogen and oxygen atoms in total. The lowest BCUT2D eigenvalue weighted by Crippen LogP contribution is -2.43. The number of methoxy groups -OCH3 is 1. The van der Waals surface area contributed by atoms with Crippen LogP contribution < -0.4 is 15.5 Å². The highest BCUT2D eigenvalue weighted by Crippen LogP contribution is 2.43. The Bertz CT molecular complexity index is 767. The van der Waals surface area contributed by atoms with Crippen LogP contribution in [0.3, 0.4) is 0 Å². The van der Waals surface area contributed by atoms with Crippen molar-refractivity contribution >= 4 is 28.5 Å². The van der Waals surface area contributed by atoms with Crippen LogP contribution in [0.15, 0.2) is 30.0 Å². The average Bonchev–Trinajstić information content (AvgIpc) is 3.10. The van der Waals surface area contributed by atoms with Crippen molar-refractivity contribution in [3.8, 4) is 5.75 Å². The quantitative estimate of drug-likeness (QED) is 0.207. The summed E-state index contributed by atoms with van der Waals surface area (Å²) in [6.45, 7) is 5.09. The number of unbranched alkanes of at least 4 members (excludes halogenated alkanes) is 5. The van der Waals surface area contributed by atoms with Crippen molar-refractivity contribution in [2.24, 2.45) is 0 Å². The second-order valence-corrected chi connectivity index (χ2v) is 9.12. The summed E-state index contributed by atoms with van der Waals surface area (Å²) < 4.78 is 5.28. The molecule has 178 valence electrons. The normalized spacial score (nSPS) is 15.8. The van der Waals surface area contributed by atoms with Crippen LogP contribution in [0.2, 0.25) is 0 Å². The van der Waals surface area contributed by atoms with Gasteiger partial charge >= 0.3 is 0 Å². The largest absolute Gasteiger partial charge is 0.497 e. The van der Waals surface area contributed by atoms with Crippen molar-refractivity contribution < 1.29 is 19.5 Å². The second kappa shape index (κ2) is 14.1. The Morgan fingerprint density at radius 2 is 1.69 bits per heavy atom. The monoisotopic (exact) mass is 463 g/mol. The van der Waals surface area contributed by atoms with Crippen LogP contribution >= 0.6 is 11.8 Å². The van der Waals surface area contributed by atoms with Crippen molar-refractivity contribution in [2.75, 3.05) is 13.7 Å². The first-order valence-corrected chi connectivity index (χ1v) is 12.4. The third-order valence-corrected chi connectivity index (χ3v) is 6.96. The maximum Gasteiger partial charge on any atom is 0.243 e. The summed E-state index contributed by atoms with van der Waals surface area (Å²) in [6.07, 6.45) is 7.62. The minimum Gasteiger partial charge on any atom is -0.497 e. The van der Waals surface area contributed by atoms with Gasteiger partial charge in [-0.3, -0.25) is 14.8 Å². The summed E-state index contributed by atoms with van der Waals surface area (Å²) in [6, 6.07) is 8.03. The maximum atomic E-state index is 12.5. The Kier molecular flexibility index (Phi) is 11.5. The number of nitrogens with zero attached hydrogens (tertiary/aromatic N) is 1. The van der Waals surface area contributed by atoms with Crippen LogP contribution in [-0.4, -0.2) is 41.1 Å². The van der Waals surface area contributed by atoms with E-state index < -0.39 is 0 Å². The molecule has 0 fully saturated rings. The fourth-order valence-electron chi connectivity index (χ4n) is 3.70. The molecule has 0 radical (unpaired) electrons. The molecular weight excluding hydrogens is 426 g/mol. The number of ether oxygens (including phenoxy) is 1. The number of hydroxylamine groups is 1. The van der Waals surface area contributed by atoms with Crippen molar-refractivity contribution in [2.45, 2.75) is 77.1 Å². The van der Waals surface area contributed by atoms with Gasteiger partial charge in [0.2, 0.25) is 11.8 Å². The van der Waals surface area contributed by atoms with Gasteiger partial charge in [0.15, 0.2) is 5.50 Å². The fourth-order valence-corrected chi connectivity index (χ4v) is 5.07. The highest BCUT2D eigenvalue weighted by Gasteiger charge is 2.31. The molecule has 0 spiro atoms. The van der Waals surface area contributed by atoms with Gasteiger partial charge in [0.05, 0.1) is 7.11 Å². The molecule has 3 N–H and O–H groups in total. The number of carbonyl (C=O) groups excluding carboxylic acids is 2. The van der Waals surface area contributed by atoms with E-state index >= 15 is 0 Å². The van der Waals surface area contributed by atoms with E-state index in [0.717, 1.165) is 62.8 Å². The molecule has 2 amide bonds. The van der Waals surface area contributed by atoms with Crippen molar-refractivity contribution in [1.82, 2.24) is 15.7 Å². The molecule has 0 bridgehead atoms. The van der Waals surface area contributed by atoms with Gasteiger partial charge in [0, 0.05) is 30.0 Å². The highest BCUT2D eigenvalue weighted by atomic mass is 32.2. The molecule has 1 aromatic rings. The van der Waals surface area contributed by atoms with Crippen LogP contribution in [0.1, 0.15) is 77.2 Å². The molecule has 2 rings (SSSR count). The zero-order valence-electron chi connectivity index (χ0n) is 19.5. The lowest BCUT2D eigenvalue weighted by Gasteiger charge is -2.28. The zero-order valence-corrected chi connectivity index (χ0v) is 20.3. The van der Waals surface area contributed by atoms with E-state index in [1.165, 1.54) is 10.6 Å². The summed E-state index contributed by atoms with van der Waals surface area (Å²) in [5.74, 6) is 0.581. The first-order valence-electron chi connectivity index (χ1n) is 11.5. The summed E-state index contributed by atoms with van der Waals surface area (Å²) in [5.41, 5.74) is 3.85. The smallest absolute Gasteiger partial charge is 0.243 e. The number of thioether (sulfide) groups is 1. The number of benzene rings is 1. The Balaban J connectivity index is 2.00. The third kappa shape index (κ3) is 8.06. The molecule has 1 aromatic carbocycles. The molecule has 1 atom stereocenters. The summed E-state index contributed by atoms with van der Waals surface area (Å²) in [5, 5.41) is 11.8. The molecule has 1 aliphatic heterocycles. The first kappa shape index (κ1) is 26.1. The van der Waals surface area contributed by atoms with E-state index in [2.05, 4.69) is 36.2 Å². The number of hydrogen-bond acceptors (Lipinski definition) is 6. The predicted octanol–water partition coefficient (Wildman–Crippen LogP) is 4.87. The molecule has 1 heterocycles. The van der Waals surface area contributed by atoms with E-state index in [1.807, 2.05) is 12.1 Å². The van der Waals surface area contributed by atoms with E-state index in [9.17, 15) is 9.59 Å².